The Balaban J connectivity index is 1.36. The molecule has 2 aromatic heterocycles. The molecule has 1 atom stereocenters. The molecule has 8 heteroatoms. The van der Waals surface area contributed by atoms with Crippen molar-refractivity contribution in [2.24, 2.45) is 0 Å². The quantitative estimate of drug-likeness (QED) is 0.620. The largest absolute Gasteiger partial charge is 0.455 e. The SMILES string of the molecule is O=C(c1ccc(C[S@@](=O)c2cccc(Cl)c2)o1)N1CCN(c2ccccn2)CC1. The minimum absolute atomic E-state index is 0.148. The molecule has 4 rings (SSSR count). The molecule has 0 spiro atoms. The van der Waals surface area contributed by atoms with Gasteiger partial charge in [-0.2, -0.15) is 0 Å². The topological polar surface area (TPSA) is 66.7 Å². The molecule has 3 aromatic rings. The summed E-state index contributed by atoms with van der Waals surface area (Å²) >= 11 is 5.96. The number of nitrogens with zero attached hydrogens (tertiary/aromatic N) is 3. The predicted molar refractivity (Wildman–Crippen MR) is 113 cm³/mol. The molecule has 1 fully saturated rings. The van der Waals surface area contributed by atoms with Gasteiger partial charge in [0, 0.05) is 42.3 Å². The molecule has 0 unspecified atom stereocenters. The summed E-state index contributed by atoms with van der Waals surface area (Å²) in [5.41, 5.74) is 0. The number of pyridine rings is 1. The Hall–Kier alpha value is -2.64. The third-order valence-corrected chi connectivity index (χ3v) is 6.31. The van der Waals surface area contributed by atoms with Crippen LogP contribution >= 0.6 is 11.6 Å². The lowest BCUT2D eigenvalue weighted by molar-refractivity contribution is 0.0713. The molecule has 0 saturated carbocycles. The van der Waals surface area contributed by atoms with Crippen molar-refractivity contribution in [3.05, 3.63) is 77.3 Å². The van der Waals surface area contributed by atoms with Crippen LogP contribution < -0.4 is 4.90 Å². The van der Waals surface area contributed by atoms with Gasteiger partial charge in [0.2, 0.25) is 0 Å². The Labute approximate surface area is 176 Å². The molecule has 0 N–H and O–H groups in total. The van der Waals surface area contributed by atoms with Gasteiger partial charge < -0.3 is 14.2 Å². The van der Waals surface area contributed by atoms with Crippen molar-refractivity contribution >= 4 is 34.1 Å². The number of rotatable bonds is 5. The highest BCUT2D eigenvalue weighted by Crippen LogP contribution is 2.20. The first-order valence-electron chi connectivity index (χ1n) is 9.28. The van der Waals surface area contributed by atoms with Crippen molar-refractivity contribution in [2.45, 2.75) is 10.6 Å². The van der Waals surface area contributed by atoms with Crippen LogP contribution in [0.25, 0.3) is 0 Å². The van der Waals surface area contributed by atoms with E-state index in [9.17, 15) is 9.00 Å². The lowest BCUT2D eigenvalue weighted by Crippen LogP contribution is -2.49. The van der Waals surface area contributed by atoms with Gasteiger partial charge in [-0.3, -0.25) is 9.00 Å². The Kier molecular flexibility index (Phi) is 5.97. The summed E-state index contributed by atoms with van der Waals surface area (Å²) in [6, 6.07) is 16.1. The number of halogens is 1. The number of anilines is 1. The van der Waals surface area contributed by atoms with Crippen molar-refractivity contribution in [1.29, 1.82) is 0 Å². The smallest absolute Gasteiger partial charge is 0.289 e. The molecule has 1 aromatic carbocycles. The maximum atomic E-state index is 12.8. The molecule has 1 aliphatic rings. The monoisotopic (exact) mass is 429 g/mol. The van der Waals surface area contributed by atoms with Crippen LogP contribution in [0.5, 0.6) is 0 Å². The lowest BCUT2D eigenvalue weighted by Gasteiger charge is -2.34. The maximum absolute atomic E-state index is 12.8. The second-order valence-corrected chi connectivity index (χ2v) is 8.57. The number of hydrogen-bond donors (Lipinski definition) is 0. The zero-order valence-electron chi connectivity index (χ0n) is 15.7. The Morgan fingerprint density at radius 1 is 1.07 bits per heavy atom. The van der Waals surface area contributed by atoms with Crippen LogP contribution in [0.3, 0.4) is 0 Å². The van der Waals surface area contributed by atoms with Gasteiger partial charge in [0.15, 0.2) is 5.76 Å². The van der Waals surface area contributed by atoms with Crippen LogP contribution in [-0.2, 0) is 16.6 Å². The van der Waals surface area contributed by atoms with Gasteiger partial charge >= 0.3 is 0 Å². The number of furan rings is 1. The van der Waals surface area contributed by atoms with Gasteiger partial charge in [0.1, 0.15) is 11.6 Å². The average Bonchev–Trinajstić information content (AvgIpc) is 3.22. The highest BCUT2D eigenvalue weighted by Gasteiger charge is 2.25. The van der Waals surface area contributed by atoms with Gasteiger partial charge in [-0.05, 0) is 42.5 Å². The van der Waals surface area contributed by atoms with E-state index < -0.39 is 10.8 Å². The fraction of sp³-hybridized carbons (Fsp3) is 0.238. The van der Waals surface area contributed by atoms with Gasteiger partial charge in [0.05, 0.1) is 16.6 Å². The van der Waals surface area contributed by atoms with E-state index in [1.54, 1.807) is 47.5 Å². The van der Waals surface area contributed by atoms with Gasteiger partial charge in [-0.1, -0.05) is 23.7 Å². The Morgan fingerprint density at radius 2 is 1.90 bits per heavy atom. The predicted octanol–water partition coefficient (Wildman–Crippen LogP) is 3.60. The summed E-state index contributed by atoms with van der Waals surface area (Å²) < 4.78 is 18.2. The van der Waals surface area contributed by atoms with Crippen LogP contribution in [0.2, 0.25) is 5.02 Å². The standard InChI is InChI=1S/C21H20ClN3O3S/c22-16-4-3-5-18(14-16)29(27)15-17-7-8-19(28-17)21(26)25-12-10-24(11-13-25)20-6-1-2-9-23-20/h1-9,14H,10-13,15H2/t29-/m1/s1. The molecule has 0 bridgehead atoms. The first kappa shape index (κ1) is 19.7. The van der Waals surface area contributed by atoms with Crippen molar-refractivity contribution in [3.8, 4) is 0 Å². The van der Waals surface area contributed by atoms with Gasteiger partial charge in [-0.25, -0.2) is 4.98 Å². The third-order valence-electron chi connectivity index (χ3n) is 4.74. The molecule has 1 amide bonds. The Bertz CT molecular complexity index is 1020. The summed E-state index contributed by atoms with van der Waals surface area (Å²) in [5.74, 6) is 1.75. The van der Waals surface area contributed by atoms with Gasteiger partial charge in [0.25, 0.3) is 5.91 Å². The third kappa shape index (κ3) is 4.68. The van der Waals surface area contributed by atoms with Crippen molar-refractivity contribution in [2.75, 3.05) is 31.1 Å². The molecule has 6 nitrogen and oxygen atoms in total. The highest BCUT2D eigenvalue weighted by molar-refractivity contribution is 7.84. The molecular weight excluding hydrogens is 410 g/mol. The van der Waals surface area contributed by atoms with Crippen LogP contribution in [0.4, 0.5) is 5.82 Å². The van der Waals surface area contributed by atoms with Gasteiger partial charge in [-0.15, -0.1) is 0 Å². The van der Waals surface area contributed by atoms with Crippen molar-refractivity contribution in [1.82, 2.24) is 9.88 Å². The molecule has 3 heterocycles. The van der Waals surface area contributed by atoms with E-state index in [1.165, 1.54) is 0 Å². The number of carbonyl (C=O) groups is 1. The average molecular weight is 430 g/mol. The molecule has 29 heavy (non-hydrogen) atoms. The molecule has 150 valence electrons. The molecule has 1 aliphatic heterocycles. The fourth-order valence-corrected chi connectivity index (χ4v) is 4.55. The van der Waals surface area contributed by atoms with Crippen LogP contribution in [0, 0.1) is 0 Å². The van der Waals surface area contributed by atoms with Crippen molar-refractivity contribution < 1.29 is 13.4 Å². The first-order valence-corrected chi connectivity index (χ1v) is 11.0. The second kappa shape index (κ2) is 8.80. The van der Waals surface area contributed by atoms with E-state index in [-0.39, 0.29) is 17.4 Å². The number of piperazine rings is 1. The van der Waals surface area contributed by atoms with E-state index >= 15 is 0 Å². The summed E-state index contributed by atoms with van der Waals surface area (Å²) in [4.78, 5) is 21.7. The summed E-state index contributed by atoms with van der Waals surface area (Å²) in [5, 5.41) is 0.538. The minimum atomic E-state index is -1.29. The van der Waals surface area contributed by atoms with E-state index in [0.717, 1.165) is 18.9 Å². The molecular formula is C21H20ClN3O3S. The second-order valence-electron chi connectivity index (χ2n) is 6.68. The summed E-state index contributed by atoms with van der Waals surface area (Å²) in [6.07, 6.45) is 1.77. The van der Waals surface area contributed by atoms with Crippen LogP contribution in [-0.4, -0.2) is 46.2 Å². The normalized spacial score (nSPS) is 15.3. The number of carbonyl (C=O) groups excluding carboxylic acids is 1. The lowest BCUT2D eigenvalue weighted by atomic mass is 10.2. The summed E-state index contributed by atoms with van der Waals surface area (Å²) in [6.45, 7) is 2.63. The fourth-order valence-electron chi connectivity index (χ4n) is 3.23. The van der Waals surface area contributed by atoms with E-state index in [4.69, 9.17) is 16.0 Å². The molecule has 1 saturated heterocycles. The van der Waals surface area contributed by atoms with E-state index in [0.29, 0.717) is 28.8 Å². The van der Waals surface area contributed by atoms with E-state index in [2.05, 4.69) is 9.88 Å². The zero-order valence-corrected chi connectivity index (χ0v) is 17.2. The number of amides is 1. The Morgan fingerprint density at radius 3 is 2.62 bits per heavy atom. The maximum Gasteiger partial charge on any atom is 0.289 e. The molecule has 0 radical (unpaired) electrons. The number of benzene rings is 1. The van der Waals surface area contributed by atoms with Crippen molar-refractivity contribution in [3.63, 3.8) is 0 Å². The first-order chi connectivity index (χ1) is 14.1. The van der Waals surface area contributed by atoms with Crippen LogP contribution in [0.15, 0.2) is 70.1 Å². The molecule has 0 aliphatic carbocycles. The summed E-state index contributed by atoms with van der Waals surface area (Å²) in [7, 11) is -1.29. The van der Waals surface area contributed by atoms with Crippen LogP contribution in [0.1, 0.15) is 16.3 Å². The van der Waals surface area contributed by atoms with E-state index in [1.807, 2.05) is 18.2 Å². The highest BCUT2D eigenvalue weighted by atomic mass is 35.5. The number of aromatic nitrogens is 1. The number of hydrogen-bond acceptors (Lipinski definition) is 5. The minimum Gasteiger partial charge on any atom is -0.455 e. The zero-order chi connectivity index (χ0) is 20.2.